The normalized spacial score (nSPS) is 17.8. The number of likely N-dealkylation sites (tertiary alicyclic amines) is 1. The SMILES string of the molecule is CN(C(=O)CSc1ccncc1)[C@H]1CCCN(Cc2ccccc2F)C1. The summed E-state index contributed by atoms with van der Waals surface area (Å²) in [5.41, 5.74) is 0.718. The molecule has 1 atom stereocenters. The Hall–Kier alpha value is -1.92. The van der Waals surface area contributed by atoms with Crippen LogP contribution in [0.3, 0.4) is 0 Å². The summed E-state index contributed by atoms with van der Waals surface area (Å²) < 4.78 is 13.9. The number of carbonyl (C=O) groups excluding carboxylic acids is 1. The first kappa shape index (κ1) is 18.9. The standard InChI is InChI=1S/C20H24FN3OS/c1-23(20(25)15-26-18-8-10-22-11-9-18)17-6-4-12-24(14-17)13-16-5-2-3-7-19(16)21/h2-3,5,7-11,17H,4,6,12-15H2,1H3/t17-/m0/s1. The van der Waals surface area contributed by atoms with E-state index in [0.29, 0.717) is 12.3 Å². The van der Waals surface area contributed by atoms with E-state index in [1.54, 1.807) is 18.5 Å². The molecule has 0 unspecified atom stereocenters. The molecule has 3 rings (SSSR count). The van der Waals surface area contributed by atoms with Gasteiger partial charge in [0.2, 0.25) is 5.91 Å². The van der Waals surface area contributed by atoms with Crippen molar-refractivity contribution in [2.24, 2.45) is 0 Å². The number of nitrogens with zero attached hydrogens (tertiary/aromatic N) is 3. The molecule has 1 aromatic carbocycles. The number of thioether (sulfide) groups is 1. The first-order chi connectivity index (χ1) is 12.6. The van der Waals surface area contributed by atoms with Gasteiger partial charge in [0.05, 0.1) is 5.75 Å². The minimum Gasteiger partial charge on any atom is -0.341 e. The van der Waals surface area contributed by atoms with Gasteiger partial charge in [-0.1, -0.05) is 18.2 Å². The van der Waals surface area contributed by atoms with Crippen LogP contribution in [0.1, 0.15) is 18.4 Å². The Morgan fingerprint density at radius 3 is 2.85 bits per heavy atom. The third-order valence-electron chi connectivity index (χ3n) is 4.79. The lowest BCUT2D eigenvalue weighted by atomic mass is 10.0. The van der Waals surface area contributed by atoms with E-state index < -0.39 is 0 Å². The van der Waals surface area contributed by atoms with Crippen molar-refractivity contribution in [2.75, 3.05) is 25.9 Å². The van der Waals surface area contributed by atoms with Crippen LogP contribution in [0, 0.1) is 5.82 Å². The van der Waals surface area contributed by atoms with Gasteiger partial charge in [0.1, 0.15) is 5.82 Å². The van der Waals surface area contributed by atoms with Crippen molar-refractivity contribution in [1.82, 2.24) is 14.8 Å². The van der Waals surface area contributed by atoms with E-state index in [1.165, 1.54) is 17.8 Å². The second-order valence-corrected chi connectivity index (χ2v) is 7.65. The van der Waals surface area contributed by atoms with Gasteiger partial charge in [0.15, 0.2) is 0 Å². The first-order valence-corrected chi connectivity index (χ1v) is 9.86. The Bertz CT molecular complexity index is 728. The summed E-state index contributed by atoms with van der Waals surface area (Å²) in [6.07, 6.45) is 5.49. The second-order valence-electron chi connectivity index (χ2n) is 6.60. The van der Waals surface area contributed by atoms with Gasteiger partial charge in [-0.05, 0) is 37.6 Å². The quantitative estimate of drug-likeness (QED) is 0.727. The molecule has 1 amide bonds. The number of aromatic nitrogens is 1. The van der Waals surface area contributed by atoms with E-state index in [-0.39, 0.29) is 17.8 Å². The number of pyridine rings is 1. The zero-order chi connectivity index (χ0) is 18.4. The summed E-state index contributed by atoms with van der Waals surface area (Å²) in [6.45, 7) is 2.33. The molecule has 1 saturated heterocycles. The number of amides is 1. The summed E-state index contributed by atoms with van der Waals surface area (Å²) >= 11 is 1.53. The molecule has 1 aliphatic rings. The van der Waals surface area contributed by atoms with Crippen LogP contribution < -0.4 is 0 Å². The molecule has 0 spiro atoms. The highest BCUT2D eigenvalue weighted by Crippen LogP contribution is 2.21. The minimum absolute atomic E-state index is 0.129. The molecule has 138 valence electrons. The predicted molar refractivity (Wildman–Crippen MR) is 102 cm³/mol. The Labute approximate surface area is 158 Å². The van der Waals surface area contributed by atoms with Crippen molar-refractivity contribution in [3.05, 3.63) is 60.2 Å². The average molecular weight is 373 g/mol. The third-order valence-corrected chi connectivity index (χ3v) is 5.78. The fourth-order valence-electron chi connectivity index (χ4n) is 3.24. The van der Waals surface area contributed by atoms with Crippen molar-refractivity contribution >= 4 is 17.7 Å². The molecule has 4 nitrogen and oxygen atoms in total. The van der Waals surface area contributed by atoms with E-state index >= 15 is 0 Å². The van der Waals surface area contributed by atoms with Crippen molar-refractivity contribution < 1.29 is 9.18 Å². The summed E-state index contributed by atoms with van der Waals surface area (Å²) in [5, 5.41) is 0. The topological polar surface area (TPSA) is 36.4 Å². The van der Waals surface area contributed by atoms with Crippen LogP contribution in [0.25, 0.3) is 0 Å². The molecule has 0 N–H and O–H groups in total. The van der Waals surface area contributed by atoms with Crippen molar-refractivity contribution in [2.45, 2.75) is 30.3 Å². The first-order valence-electron chi connectivity index (χ1n) is 8.87. The van der Waals surface area contributed by atoms with Gasteiger partial charge in [0, 0.05) is 49.0 Å². The Kier molecular flexibility index (Phi) is 6.63. The molecule has 6 heteroatoms. The molecule has 26 heavy (non-hydrogen) atoms. The lowest BCUT2D eigenvalue weighted by molar-refractivity contribution is -0.130. The lowest BCUT2D eigenvalue weighted by Crippen LogP contribution is -2.48. The van der Waals surface area contributed by atoms with Gasteiger partial charge in [-0.15, -0.1) is 11.8 Å². The van der Waals surface area contributed by atoms with Crippen LogP contribution in [-0.2, 0) is 11.3 Å². The zero-order valence-electron chi connectivity index (χ0n) is 15.0. The van der Waals surface area contributed by atoms with E-state index in [2.05, 4.69) is 9.88 Å². The second kappa shape index (κ2) is 9.14. The van der Waals surface area contributed by atoms with Gasteiger partial charge in [-0.2, -0.15) is 0 Å². The monoisotopic (exact) mass is 373 g/mol. The van der Waals surface area contributed by atoms with Gasteiger partial charge in [-0.3, -0.25) is 14.7 Å². The summed E-state index contributed by atoms with van der Waals surface area (Å²) in [7, 11) is 1.88. The number of piperidine rings is 1. The van der Waals surface area contributed by atoms with Crippen LogP contribution in [0.15, 0.2) is 53.7 Å². The Morgan fingerprint density at radius 1 is 1.31 bits per heavy atom. The van der Waals surface area contributed by atoms with Crippen LogP contribution in [0.5, 0.6) is 0 Å². The summed E-state index contributed by atoms with van der Waals surface area (Å²) in [4.78, 5) is 21.7. The number of halogens is 1. The highest BCUT2D eigenvalue weighted by atomic mass is 32.2. The van der Waals surface area contributed by atoms with Crippen LogP contribution in [0.4, 0.5) is 4.39 Å². The van der Waals surface area contributed by atoms with Crippen LogP contribution in [0.2, 0.25) is 0 Å². The third kappa shape index (κ3) is 5.05. The number of carbonyl (C=O) groups is 1. The average Bonchev–Trinajstić information content (AvgIpc) is 2.68. The number of hydrogen-bond acceptors (Lipinski definition) is 4. The molecule has 0 aliphatic carbocycles. The smallest absolute Gasteiger partial charge is 0.232 e. The maximum absolute atomic E-state index is 13.9. The fourth-order valence-corrected chi connectivity index (χ4v) is 4.05. The van der Waals surface area contributed by atoms with E-state index in [1.807, 2.05) is 36.2 Å². The van der Waals surface area contributed by atoms with E-state index in [9.17, 15) is 9.18 Å². The largest absolute Gasteiger partial charge is 0.341 e. The highest BCUT2D eigenvalue weighted by Gasteiger charge is 2.26. The molecule has 0 radical (unpaired) electrons. The molecular weight excluding hydrogens is 349 g/mol. The van der Waals surface area contributed by atoms with Gasteiger partial charge >= 0.3 is 0 Å². The molecule has 2 aromatic rings. The summed E-state index contributed by atoms with van der Waals surface area (Å²) in [6, 6.07) is 10.9. The summed E-state index contributed by atoms with van der Waals surface area (Å²) in [5.74, 6) is 0.391. The van der Waals surface area contributed by atoms with Crippen LogP contribution >= 0.6 is 11.8 Å². The van der Waals surface area contributed by atoms with Gasteiger partial charge in [0.25, 0.3) is 0 Å². The fraction of sp³-hybridized carbons (Fsp3) is 0.400. The van der Waals surface area contributed by atoms with Gasteiger partial charge in [-0.25, -0.2) is 4.39 Å². The maximum Gasteiger partial charge on any atom is 0.232 e. The molecule has 2 heterocycles. The highest BCUT2D eigenvalue weighted by molar-refractivity contribution is 8.00. The number of rotatable bonds is 6. The lowest BCUT2D eigenvalue weighted by Gasteiger charge is -2.37. The van der Waals surface area contributed by atoms with E-state index in [4.69, 9.17) is 0 Å². The Morgan fingerprint density at radius 2 is 2.08 bits per heavy atom. The van der Waals surface area contributed by atoms with Crippen molar-refractivity contribution in [3.63, 3.8) is 0 Å². The minimum atomic E-state index is -0.159. The molecular formula is C20H24FN3OS. The maximum atomic E-state index is 13.9. The Balaban J connectivity index is 1.53. The number of likely N-dealkylation sites (N-methyl/N-ethyl adjacent to an activating group) is 1. The molecule has 0 saturated carbocycles. The van der Waals surface area contributed by atoms with Gasteiger partial charge < -0.3 is 4.90 Å². The van der Waals surface area contributed by atoms with Crippen LogP contribution in [-0.4, -0.2) is 52.6 Å². The number of hydrogen-bond donors (Lipinski definition) is 0. The molecule has 1 aromatic heterocycles. The van der Waals surface area contributed by atoms with Crippen molar-refractivity contribution in [3.8, 4) is 0 Å². The van der Waals surface area contributed by atoms with Crippen molar-refractivity contribution in [1.29, 1.82) is 0 Å². The zero-order valence-corrected chi connectivity index (χ0v) is 15.8. The predicted octanol–water partition coefficient (Wildman–Crippen LogP) is 3.44. The molecule has 1 fully saturated rings. The van der Waals surface area contributed by atoms with E-state index in [0.717, 1.165) is 36.4 Å². The molecule has 0 bridgehead atoms. The number of benzene rings is 1. The molecule has 1 aliphatic heterocycles.